The van der Waals surface area contributed by atoms with Crippen molar-refractivity contribution in [2.75, 3.05) is 0 Å². The zero-order chi connectivity index (χ0) is 14.7. The van der Waals surface area contributed by atoms with Gasteiger partial charge in [-0.1, -0.05) is 42.5 Å². The Balaban J connectivity index is 1.89. The molecule has 21 heavy (non-hydrogen) atoms. The van der Waals surface area contributed by atoms with Gasteiger partial charge >= 0.3 is 5.97 Å². The van der Waals surface area contributed by atoms with Crippen LogP contribution < -0.4 is 0 Å². The van der Waals surface area contributed by atoms with Gasteiger partial charge in [0, 0.05) is 12.4 Å². The molecular weight excluding hydrogens is 262 g/mol. The first kappa shape index (κ1) is 13.3. The van der Waals surface area contributed by atoms with Crippen LogP contribution in [0.2, 0.25) is 0 Å². The Bertz CT molecular complexity index is 791. The van der Waals surface area contributed by atoms with E-state index in [1.807, 2.05) is 18.2 Å². The molecule has 1 aromatic heterocycles. The van der Waals surface area contributed by atoms with Gasteiger partial charge < -0.3 is 5.11 Å². The zero-order valence-corrected chi connectivity index (χ0v) is 11.5. The average Bonchev–Trinajstić information content (AvgIpc) is 2.53. The fourth-order valence-electron chi connectivity index (χ4n) is 2.61. The maximum atomic E-state index is 11.2. The molecule has 0 radical (unpaired) electrons. The third kappa shape index (κ3) is 2.77. The maximum absolute atomic E-state index is 11.2. The molecule has 0 fully saturated rings. The number of rotatable bonds is 4. The molecule has 3 heteroatoms. The summed E-state index contributed by atoms with van der Waals surface area (Å²) in [6.45, 7) is 0. The topological polar surface area (TPSA) is 50.2 Å². The summed E-state index contributed by atoms with van der Waals surface area (Å²) in [7, 11) is 0. The fourth-order valence-corrected chi connectivity index (χ4v) is 2.61. The first-order valence-electron chi connectivity index (χ1n) is 6.88. The number of hydrogen-bond donors (Lipinski definition) is 1. The molecular formula is C18H15NO2. The summed E-state index contributed by atoms with van der Waals surface area (Å²) < 4.78 is 0. The van der Waals surface area contributed by atoms with Gasteiger partial charge in [-0.15, -0.1) is 0 Å². The summed E-state index contributed by atoms with van der Waals surface area (Å²) in [6.07, 6.45) is 4.64. The number of carboxylic acids is 1. The van der Waals surface area contributed by atoms with Crippen molar-refractivity contribution in [1.82, 2.24) is 4.98 Å². The van der Waals surface area contributed by atoms with E-state index >= 15 is 0 Å². The Morgan fingerprint density at radius 3 is 2.57 bits per heavy atom. The molecule has 0 saturated heterocycles. The van der Waals surface area contributed by atoms with Crippen molar-refractivity contribution in [3.63, 3.8) is 0 Å². The van der Waals surface area contributed by atoms with Crippen LogP contribution in [0.3, 0.4) is 0 Å². The number of fused-ring (bicyclic) bond motifs is 1. The lowest BCUT2D eigenvalue weighted by Gasteiger charge is -2.08. The number of carboxylic acid groups (broad SMARTS) is 1. The smallest absolute Gasteiger partial charge is 0.336 e. The minimum atomic E-state index is -0.898. The van der Waals surface area contributed by atoms with Crippen LogP contribution >= 0.6 is 0 Å². The van der Waals surface area contributed by atoms with E-state index in [1.165, 1.54) is 22.5 Å². The molecule has 0 bridgehead atoms. The highest BCUT2D eigenvalue weighted by Crippen LogP contribution is 2.20. The minimum Gasteiger partial charge on any atom is -0.478 e. The summed E-state index contributed by atoms with van der Waals surface area (Å²) >= 11 is 0. The predicted molar refractivity (Wildman–Crippen MR) is 82.6 cm³/mol. The van der Waals surface area contributed by atoms with Crippen molar-refractivity contribution in [2.24, 2.45) is 0 Å². The van der Waals surface area contributed by atoms with Crippen molar-refractivity contribution in [2.45, 2.75) is 12.8 Å². The van der Waals surface area contributed by atoms with Gasteiger partial charge in [0.1, 0.15) is 0 Å². The Morgan fingerprint density at radius 1 is 0.952 bits per heavy atom. The highest BCUT2D eigenvalue weighted by Gasteiger charge is 2.10. The number of pyridine rings is 1. The van der Waals surface area contributed by atoms with Crippen LogP contribution in [0.5, 0.6) is 0 Å². The molecule has 104 valence electrons. The summed E-state index contributed by atoms with van der Waals surface area (Å²) in [5.74, 6) is -0.898. The highest BCUT2D eigenvalue weighted by molar-refractivity contribution is 5.89. The number of nitrogens with zero attached hydrogens (tertiary/aromatic N) is 1. The standard InChI is InChI=1S/C18H15NO2/c20-18(21)17-10-11-19-12-15(17)9-8-14-6-3-5-13-4-1-2-7-16(13)14/h1-7,10-12H,8-9H2,(H,20,21). The van der Waals surface area contributed by atoms with E-state index in [0.29, 0.717) is 12.0 Å². The van der Waals surface area contributed by atoms with Crippen LogP contribution in [0.4, 0.5) is 0 Å². The van der Waals surface area contributed by atoms with E-state index in [0.717, 1.165) is 12.0 Å². The van der Waals surface area contributed by atoms with Gasteiger partial charge in [0.05, 0.1) is 5.56 Å². The van der Waals surface area contributed by atoms with Crippen LogP contribution in [-0.4, -0.2) is 16.1 Å². The average molecular weight is 277 g/mol. The minimum absolute atomic E-state index is 0.338. The molecule has 1 heterocycles. The largest absolute Gasteiger partial charge is 0.478 e. The van der Waals surface area contributed by atoms with Gasteiger partial charge in [-0.05, 0) is 40.8 Å². The van der Waals surface area contributed by atoms with E-state index in [-0.39, 0.29) is 0 Å². The van der Waals surface area contributed by atoms with E-state index in [1.54, 1.807) is 12.3 Å². The molecule has 0 atom stereocenters. The molecule has 0 saturated carbocycles. The molecule has 0 aliphatic rings. The van der Waals surface area contributed by atoms with Crippen molar-refractivity contribution < 1.29 is 9.90 Å². The number of aromatic nitrogens is 1. The van der Waals surface area contributed by atoms with Gasteiger partial charge in [-0.2, -0.15) is 0 Å². The molecule has 0 unspecified atom stereocenters. The van der Waals surface area contributed by atoms with Gasteiger partial charge in [-0.3, -0.25) is 4.98 Å². The molecule has 3 rings (SSSR count). The third-order valence-corrected chi connectivity index (χ3v) is 3.68. The second kappa shape index (κ2) is 5.75. The summed E-state index contributed by atoms with van der Waals surface area (Å²) in [5, 5.41) is 11.6. The first-order chi connectivity index (χ1) is 10.3. The summed E-state index contributed by atoms with van der Waals surface area (Å²) in [6, 6.07) is 16.0. The normalized spacial score (nSPS) is 10.7. The lowest BCUT2D eigenvalue weighted by atomic mass is 9.97. The van der Waals surface area contributed by atoms with Crippen LogP contribution in [0, 0.1) is 0 Å². The first-order valence-corrected chi connectivity index (χ1v) is 6.88. The van der Waals surface area contributed by atoms with Crippen molar-refractivity contribution in [3.05, 3.63) is 77.6 Å². The van der Waals surface area contributed by atoms with Crippen LogP contribution in [0.25, 0.3) is 10.8 Å². The highest BCUT2D eigenvalue weighted by atomic mass is 16.4. The zero-order valence-electron chi connectivity index (χ0n) is 11.5. The van der Waals surface area contributed by atoms with E-state index in [2.05, 4.69) is 29.2 Å². The lowest BCUT2D eigenvalue weighted by molar-refractivity contribution is 0.0695. The number of aromatic carboxylic acids is 1. The third-order valence-electron chi connectivity index (χ3n) is 3.68. The van der Waals surface area contributed by atoms with Crippen molar-refractivity contribution >= 4 is 16.7 Å². The van der Waals surface area contributed by atoms with E-state index < -0.39 is 5.97 Å². The van der Waals surface area contributed by atoms with E-state index in [9.17, 15) is 9.90 Å². The molecule has 0 amide bonds. The summed E-state index contributed by atoms with van der Waals surface area (Å²) in [5.41, 5.74) is 2.34. The van der Waals surface area contributed by atoms with E-state index in [4.69, 9.17) is 0 Å². The van der Waals surface area contributed by atoms with Crippen LogP contribution in [-0.2, 0) is 12.8 Å². The Hall–Kier alpha value is -2.68. The predicted octanol–water partition coefficient (Wildman–Crippen LogP) is 3.72. The number of aryl methyl sites for hydroxylation is 2. The quantitative estimate of drug-likeness (QED) is 0.790. The Morgan fingerprint density at radius 2 is 1.71 bits per heavy atom. The number of benzene rings is 2. The summed E-state index contributed by atoms with van der Waals surface area (Å²) in [4.78, 5) is 15.3. The second-order valence-corrected chi connectivity index (χ2v) is 4.98. The van der Waals surface area contributed by atoms with Gasteiger partial charge in [0.25, 0.3) is 0 Å². The van der Waals surface area contributed by atoms with Crippen LogP contribution in [0.1, 0.15) is 21.5 Å². The Kier molecular flexibility index (Phi) is 3.65. The molecule has 3 nitrogen and oxygen atoms in total. The van der Waals surface area contributed by atoms with Crippen molar-refractivity contribution in [1.29, 1.82) is 0 Å². The maximum Gasteiger partial charge on any atom is 0.336 e. The molecule has 2 aromatic carbocycles. The second-order valence-electron chi connectivity index (χ2n) is 4.98. The lowest BCUT2D eigenvalue weighted by Crippen LogP contribution is -2.04. The van der Waals surface area contributed by atoms with Crippen LogP contribution in [0.15, 0.2) is 60.9 Å². The fraction of sp³-hybridized carbons (Fsp3) is 0.111. The monoisotopic (exact) mass is 277 g/mol. The molecule has 0 spiro atoms. The van der Waals surface area contributed by atoms with Crippen molar-refractivity contribution in [3.8, 4) is 0 Å². The number of hydrogen-bond acceptors (Lipinski definition) is 2. The van der Waals surface area contributed by atoms with Gasteiger partial charge in [-0.25, -0.2) is 4.79 Å². The Labute approximate surface area is 122 Å². The van der Waals surface area contributed by atoms with Gasteiger partial charge in [0.2, 0.25) is 0 Å². The number of carbonyl (C=O) groups is 1. The SMILES string of the molecule is O=C(O)c1ccncc1CCc1cccc2ccccc12. The molecule has 0 aliphatic heterocycles. The molecule has 3 aromatic rings. The van der Waals surface area contributed by atoms with Gasteiger partial charge in [0.15, 0.2) is 0 Å². The molecule has 0 aliphatic carbocycles. The molecule has 1 N–H and O–H groups in total.